The zero-order valence-electron chi connectivity index (χ0n) is 10.1. The average Bonchev–Trinajstić information content (AvgIpc) is 2.61. The maximum atomic E-state index is 5.77. The second-order valence-corrected chi connectivity index (χ2v) is 4.68. The van der Waals surface area contributed by atoms with Crippen LogP contribution in [0, 0.1) is 5.92 Å². The lowest BCUT2D eigenvalue weighted by atomic mass is 10.1. The fourth-order valence-electron chi connectivity index (χ4n) is 2.30. The molecule has 86 valence electrons. The van der Waals surface area contributed by atoms with Crippen LogP contribution in [0.2, 0.25) is 0 Å². The van der Waals surface area contributed by atoms with Gasteiger partial charge in [0.15, 0.2) is 0 Å². The van der Waals surface area contributed by atoms with Gasteiger partial charge in [0, 0.05) is 29.3 Å². The van der Waals surface area contributed by atoms with E-state index in [1.54, 1.807) is 0 Å². The number of nitrogens with zero attached hydrogens (tertiary/aromatic N) is 1. The van der Waals surface area contributed by atoms with E-state index < -0.39 is 0 Å². The molecule has 1 aromatic carbocycles. The summed E-state index contributed by atoms with van der Waals surface area (Å²) >= 11 is 0. The van der Waals surface area contributed by atoms with Crippen molar-refractivity contribution in [1.29, 1.82) is 0 Å². The maximum absolute atomic E-state index is 5.77. The minimum atomic E-state index is 0.734. The molecule has 1 atom stereocenters. The third kappa shape index (κ3) is 2.21. The highest BCUT2D eigenvalue weighted by atomic mass is 15.0. The van der Waals surface area contributed by atoms with Gasteiger partial charge in [-0.25, -0.2) is 0 Å². The first-order valence-corrected chi connectivity index (χ1v) is 6.05. The summed E-state index contributed by atoms with van der Waals surface area (Å²) in [5, 5.41) is 1.24. The number of nitrogens with two attached hydrogens (primary N) is 1. The monoisotopic (exact) mass is 216 g/mol. The van der Waals surface area contributed by atoms with E-state index in [9.17, 15) is 0 Å². The number of benzene rings is 1. The molecule has 16 heavy (non-hydrogen) atoms. The van der Waals surface area contributed by atoms with Gasteiger partial charge in [0.2, 0.25) is 0 Å². The molecule has 0 radical (unpaired) electrons. The fourth-order valence-corrected chi connectivity index (χ4v) is 2.30. The van der Waals surface area contributed by atoms with E-state index in [2.05, 4.69) is 36.7 Å². The van der Waals surface area contributed by atoms with E-state index in [4.69, 9.17) is 5.73 Å². The number of aromatic nitrogens is 1. The summed E-state index contributed by atoms with van der Waals surface area (Å²) in [7, 11) is 0. The largest absolute Gasteiger partial charge is 0.399 e. The first kappa shape index (κ1) is 11.1. The molecule has 0 saturated heterocycles. The van der Waals surface area contributed by atoms with E-state index in [1.807, 2.05) is 12.1 Å². The van der Waals surface area contributed by atoms with E-state index in [-0.39, 0.29) is 0 Å². The van der Waals surface area contributed by atoms with Crippen molar-refractivity contribution in [3.8, 4) is 0 Å². The Morgan fingerprint density at radius 1 is 1.31 bits per heavy atom. The van der Waals surface area contributed by atoms with Gasteiger partial charge in [0.25, 0.3) is 0 Å². The Morgan fingerprint density at radius 3 is 2.88 bits per heavy atom. The lowest BCUT2D eigenvalue weighted by Crippen LogP contribution is -2.06. The van der Waals surface area contributed by atoms with Gasteiger partial charge < -0.3 is 10.3 Å². The number of hydrogen-bond donors (Lipinski definition) is 1. The highest BCUT2D eigenvalue weighted by Gasteiger charge is 2.05. The van der Waals surface area contributed by atoms with E-state index in [1.165, 1.54) is 23.7 Å². The average molecular weight is 216 g/mol. The highest BCUT2D eigenvalue weighted by molar-refractivity contribution is 5.83. The molecule has 0 aliphatic rings. The zero-order valence-corrected chi connectivity index (χ0v) is 10.1. The molecule has 2 aromatic rings. The molecule has 0 fully saturated rings. The van der Waals surface area contributed by atoms with Crippen LogP contribution in [0.3, 0.4) is 0 Å². The summed E-state index contributed by atoms with van der Waals surface area (Å²) in [6.07, 6.45) is 4.71. The van der Waals surface area contributed by atoms with Gasteiger partial charge in [-0.1, -0.05) is 20.3 Å². The lowest BCUT2D eigenvalue weighted by Gasteiger charge is -2.12. The number of hydrogen-bond acceptors (Lipinski definition) is 1. The molecule has 0 spiro atoms. The van der Waals surface area contributed by atoms with Gasteiger partial charge in [0.05, 0.1) is 0 Å². The summed E-state index contributed by atoms with van der Waals surface area (Å²) in [6.45, 7) is 5.65. The van der Waals surface area contributed by atoms with Crippen LogP contribution in [0.15, 0.2) is 30.5 Å². The van der Waals surface area contributed by atoms with Gasteiger partial charge >= 0.3 is 0 Å². The standard InChI is InChI=1S/C14H20N2/c1-3-4-11(2)10-16-8-7-12-9-13(15)5-6-14(12)16/h5-9,11H,3-4,10,15H2,1-2H3. The second-order valence-electron chi connectivity index (χ2n) is 4.68. The molecule has 2 N–H and O–H groups in total. The van der Waals surface area contributed by atoms with E-state index >= 15 is 0 Å². The molecule has 0 aliphatic heterocycles. The van der Waals surface area contributed by atoms with Gasteiger partial charge in [-0.3, -0.25) is 0 Å². The van der Waals surface area contributed by atoms with Gasteiger partial charge in [0.1, 0.15) is 0 Å². The Hall–Kier alpha value is -1.44. The quantitative estimate of drug-likeness (QED) is 0.777. The Labute approximate surface area is 97.1 Å². The molecule has 1 heterocycles. The van der Waals surface area contributed by atoms with Gasteiger partial charge in [-0.05, 0) is 36.6 Å². The first-order valence-electron chi connectivity index (χ1n) is 6.05. The summed E-state index contributed by atoms with van der Waals surface area (Å²) in [5.74, 6) is 0.734. The zero-order chi connectivity index (χ0) is 11.5. The Bertz CT molecular complexity index is 471. The van der Waals surface area contributed by atoms with Crippen molar-refractivity contribution in [3.63, 3.8) is 0 Å². The van der Waals surface area contributed by atoms with Crippen LogP contribution in [0.4, 0.5) is 5.69 Å². The van der Waals surface area contributed by atoms with Crippen LogP contribution in [0.25, 0.3) is 10.9 Å². The molecule has 1 unspecified atom stereocenters. The van der Waals surface area contributed by atoms with Crippen LogP contribution in [-0.4, -0.2) is 4.57 Å². The van der Waals surface area contributed by atoms with Crippen molar-refractivity contribution >= 4 is 16.6 Å². The highest BCUT2D eigenvalue weighted by Crippen LogP contribution is 2.20. The van der Waals surface area contributed by atoms with Crippen LogP contribution in [0.1, 0.15) is 26.7 Å². The molecule has 2 heteroatoms. The minimum Gasteiger partial charge on any atom is -0.399 e. The van der Waals surface area contributed by atoms with E-state index in [0.29, 0.717) is 0 Å². The van der Waals surface area contributed by atoms with Crippen LogP contribution in [-0.2, 0) is 6.54 Å². The predicted molar refractivity (Wildman–Crippen MR) is 70.4 cm³/mol. The molecule has 2 nitrogen and oxygen atoms in total. The third-order valence-electron chi connectivity index (χ3n) is 3.08. The molecule has 2 rings (SSSR count). The van der Waals surface area contributed by atoms with Gasteiger partial charge in [-0.2, -0.15) is 0 Å². The van der Waals surface area contributed by atoms with Crippen molar-refractivity contribution in [2.45, 2.75) is 33.2 Å². The summed E-state index contributed by atoms with van der Waals surface area (Å²) in [4.78, 5) is 0. The SMILES string of the molecule is CCCC(C)Cn1ccc2cc(N)ccc21. The second kappa shape index (κ2) is 4.60. The maximum Gasteiger partial charge on any atom is 0.0481 e. The molecule has 0 saturated carbocycles. The number of fused-ring (bicyclic) bond motifs is 1. The number of rotatable bonds is 4. The van der Waals surface area contributed by atoms with Crippen molar-refractivity contribution in [2.75, 3.05) is 5.73 Å². The Kier molecular flexibility index (Phi) is 3.18. The molecule has 0 bridgehead atoms. The minimum absolute atomic E-state index is 0.734. The van der Waals surface area contributed by atoms with Crippen molar-refractivity contribution < 1.29 is 0 Å². The van der Waals surface area contributed by atoms with Crippen molar-refractivity contribution in [2.24, 2.45) is 5.92 Å². The topological polar surface area (TPSA) is 30.9 Å². The molecule has 1 aromatic heterocycles. The third-order valence-corrected chi connectivity index (χ3v) is 3.08. The van der Waals surface area contributed by atoms with Crippen molar-refractivity contribution in [3.05, 3.63) is 30.5 Å². The molecule has 0 amide bonds. The summed E-state index contributed by atoms with van der Waals surface area (Å²) in [5.41, 5.74) is 7.90. The normalized spacial score (nSPS) is 13.1. The molecular weight excluding hydrogens is 196 g/mol. The summed E-state index contributed by atoms with van der Waals surface area (Å²) in [6, 6.07) is 8.27. The Balaban J connectivity index is 2.25. The smallest absolute Gasteiger partial charge is 0.0481 e. The molecule has 0 aliphatic carbocycles. The van der Waals surface area contributed by atoms with Gasteiger partial charge in [-0.15, -0.1) is 0 Å². The van der Waals surface area contributed by atoms with Crippen LogP contribution >= 0.6 is 0 Å². The lowest BCUT2D eigenvalue weighted by molar-refractivity contribution is 0.453. The van der Waals surface area contributed by atoms with Crippen LogP contribution < -0.4 is 5.73 Å². The summed E-state index contributed by atoms with van der Waals surface area (Å²) < 4.78 is 2.33. The fraction of sp³-hybridized carbons (Fsp3) is 0.429. The van der Waals surface area contributed by atoms with E-state index in [0.717, 1.165) is 18.2 Å². The molecular formula is C14H20N2. The van der Waals surface area contributed by atoms with Crippen LogP contribution in [0.5, 0.6) is 0 Å². The predicted octanol–water partition coefficient (Wildman–Crippen LogP) is 3.66. The van der Waals surface area contributed by atoms with Crippen molar-refractivity contribution in [1.82, 2.24) is 4.57 Å². The number of nitrogen functional groups attached to an aromatic ring is 1. The Morgan fingerprint density at radius 2 is 2.12 bits per heavy atom. The first-order chi connectivity index (χ1) is 7.70. The number of anilines is 1.